The molecule has 1 N–H and O–H groups in total. The van der Waals surface area contributed by atoms with Crippen LogP contribution in [0.3, 0.4) is 0 Å². The molecule has 3 rings (SSSR count). The van der Waals surface area contributed by atoms with Gasteiger partial charge in [0.05, 0.1) is 5.69 Å². The largest absolute Gasteiger partial charge is 0.265 e. The van der Waals surface area contributed by atoms with Gasteiger partial charge in [0.15, 0.2) is 0 Å². The second-order valence-electron chi connectivity index (χ2n) is 5.00. The van der Waals surface area contributed by atoms with Crippen LogP contribution in [-0.2, 0) is 16.6 Å². The van der Waals surface area contributed by atoms with Crippen molar-refractivity contribution in [3.8, 4) is 11.3 Å². The van der Waals surface area contributed by atoms with E-state index >= 15 is 0 Å². The van der Waals surface area contributed by atoms with Crippen molar-refractivity contribution in [1.29, 1.82) is 0 Å². The van der Waals surface area contributed by atoms with Crippen LogP contribution in [0.5, 0.6) is 0 Å². The van der Waals surface area contributed by atoms with Gasteiger partial charge < -0.3 is 0 Å². The number of hydrogen-bond acceptors (Lipinski definition) is 4. The summed E-state index contributed by atoms with van der Waals surface area (Å²) in [6.07, 6.45) is 4.90. The Morgan fingerprint density at radius 1 is 0.958 bits per heavy atom. The molecule has 0 saturated carbocycles. The number of sulfonamides is 1. The van der Waals surface area contributed by atoms with Gasteiger partial charge >= 0.3 is 0 Å². The molecule has 0 atom stereocenters. The van der Waals surface area contributed by atoms with Crippen LogP contribution in [0.2, 0.25) is 0 Å². The number of benzene rings is 1. The van der Waals surface area contributed by atoms with Crippen LogP contribution in [-0.4, -0.2) is 18.4 Å². The third kappa shape index (κ3) is 3.47. The van der Waals surface area contributed by atoms with Gasteiger partial charge in [0.25, 0.3) is 0 Å². The van der Waals surface area contributed by atoms with Crippen molar-refractivity contribution >= 4 is 10.0 Å². The van der Waals surface area contributed by atoms with E-state index in [1.165, 1.54) is 18.2 Å². The lowest BCUT2D eigenvalue weighted by atomic mass is 10.1. The minimum Gasteiger partial charge on any atom is -0.265 e. The van der Waals surface area contributed by atoms with Crippen molar-refractivity contribution in [2.75, 3.05) is 0 Å². The summed E-state index contributed by atoms with van der Waals surface area (Å²) in [4.78, 5) is 7.88. The van der Waals surface area contributed by atoms with Gasteiger partial charge in [-0.1, -0.05) is 18.2 Å². The molecule has 1 aromatic carbocycles. The smallest absolute Gasteiger partial charge is 0.243 e. The lowest BCUT2D eigenvalue weighted by molar-refractivity contribution is 0.557. The lowest BCUT2D eigenvalue weighted by Crippen LogP contribution is -2.24. The van der Waals surface area contributed by atoms with Crippen LogP contribution in [0.1, 0.15) is 5.56 Å². The fraction of sp³-hybridized carbons (Fsp3) is 0.0588. The number of halogens is 1. The molecule has 0 bridgehead atoms. The summed E-state index contributed by atoms with van der Waals surface area (Å²) < 4.78 is 40.7. The first-order valence-electron chi connectivity index (χ1n) is 7.16. The average molecular weight is 343 g/mol. The molecule has 24 heavy (non-hydrogen) atoms. The van der Waals surface area contributed by atoms with Crippen molar-refractivity contribution in [2.45, 2.75) is 11.4 Å². The monoisotopic (exact) mass is 343 g/mol. The minimum atomic E-state index is -3.95. The summed E-state index contributed by atoms with van der Waals surface area (Å²) in [7, 11) is -3.95. The van der Waals surface area contributed by atoms with Crippen LogP contribution in [0.25, 0.3) is 11.3 Å². The van der Waals surface area contributed by atoms with E-state index < -0.39 is 15.8 Å². The number of nitrogens with zero attached hydrogens (tertiary/aromatic N) is 2. The maximum Gasteiger partial charge on any atom is 0.243 e. The van der Waals surface area contributed by atoms with Crippen LogP contribution < -0.4 is 4.72 Å². The first-order valence-corrected chi connectivity index (χ1v) is 8.65. The van der Waals surface area contributed by atoms with Crippen molar-refractivity contribution in [1.82, 2.24) is 14.7 Å². The van der Waals surface area contributed by atoms with E-state index in [1.54, 1.807) is 42.9 Å². The molecule has 2 heterocycles. The Morgan fingerprint density at radius 3 is 2.46 bits per heavy atom. The molecule has 0 aliphatic rings. The highest BCUT2D eigenvalue weighted by atomic mass is 32.2. The van der Waals surface area contributed by atoms with E-state index in [0.29, 0.717) is 11.3 Å². The van der Waals surface area contributed by atoms with E-state index in [1.807, 2.05) is 0 Å². The summed E-state index contributed by atoms with van der Waals surface area (Å²) in [5.74, 6) is -0.787. The Kier molecular flexibility index (Phi) is 4.64. The van der Waals surface area contributed by atoms with Gasteiger partial charge in [-0.2, -0.15) is 0 Å². The van der Waals surface area contributed by atoms with Gasteiger partial charge in [-0.05, 0) is 35.9 Å². The van der Waals surface area contributed by atoms with Gasteiger partial charge in [-0.25, -0.2) is 17.5 Å². The van der Waals surface area contributed by atoms with Crippen LogP contribution in [0, 0.1) is 5.82 Å². The topological polar surface area (TPSA) is 72.0 Å². The zero-order chi connectivity index (χ0) is 17.0. The highest BCUT2D eigenvalue weighted by Gasteiger charge is 2.18. The quantitative estimate of drug-likeness (QED) is 0.773. The zero-order valence-corrected chi connectivity index (χ0v) is 13.4. The third-order valence-electron chi connectivity index (χ3n) is 3.42. The van der Waals surface area contributed by atoms with Crippen LogP contribution in [0.4, 0.5) is 4.39 Å². The number of aromatic nitrogens is 2. The van der Waals surface area contributed by atoms with Gasteiger partial charge in [-0.3, -0.25) is 9.97 Å². The lowest BCUT2D eigenvalue weighted by Gasteiger charge is -2.11. The Morgan fingerprint density at radius 2 is 1.71 bits per heavy atom. The Balaban J connectivity index is 1.87. The molecule has 5 nitrogen and oxygen atoms in total. The van der Waals surface area contributed by atoms with E-state index in [9.17, 15) is 12.8 Å². The molecule has 122 valence electrons. The molecular formula is C17H14FN3O2S. The van der Waals surface area contributed by atoms with Gasteiger partial charge in [-0.15, -0.1) is 0 Å². The van der Waals surface area contributed by atoms with Crippen molar-refractivity contribution in [3.63, 3.8) is 0 Å². The van der Waals surface area contributed by atoms with Crippen LogP contribution in [0.15, 0.2) is 72.0 Å². The zero-order valence-electron chi connectivity index (χ0n) is 12.6. The molecular weight excluding hydrogens is 329 g/mol. The van der Waals surface area contributed by atoms with Gasteiger partial charge in [0, 0.05) is 30.7 Å². The highest BCUT2D eigenvalue weighted by molar-refractivity contribution is 7.89. The Labute approximate surface area is 139 Å². The minimum absolute atomic E-state index is 0.00215. The number of nitrogens with one attached hydrogen (secondary N) is 1. The summed E-state index contributed by atoms with van der Waals surface area (Å²) in [6, 6.07) is 12.3. The van der Waals surface area contributed by atoms with E-state index in [-0.39, 0.29) is 11.4 Å². The normalized spacial score (nSPS) is 11.4. The first-order chi connectivity index (χ1) is 11.6. The summed E-state index contributed by atoms with van der Waals surface area (Å²) in [5.41, 5.74) is 2.16. The number of rotatable bonds is 5. The van der Waals surface area contributed by atoms with Crippen molar-refractivity contribution in [2.24, 2.45) is 0 Å². The maximum atomic E-state index is 13.7. The molecule has 0 aliphatic carbocycles. The molecule has 7 heteroatoms. The molecule has 3 aromatic rings. The highest BCUT2D eigenvalue weighted by Crippen LogP contribution is 2.21. The maximum absolute atomic E-state index is 13.7. The molecule has 0 amide bonds. The predicted molar refractivity (Wildman–Crippen MR) is 87.9 cm³/mol. The number of pyridine rings is 2. The molecule has 0 aliphatic heterocycles. The van der Waals surface area contributed by atoms with E-state index in [0.717, 1.165) is 11.6 Å². The summed E-state index contributed by atoms with van der Waals surface area (Å²) >= 11 is 0. The Hall–Kier alpha value is -2.64. The fourth-order valence-corrected chi connectivity index (χ4v) is 3.35. The third-order valence-corrected chi connectivity index (χ3v) is 4.86. The van der Waals surface area contributed by atoms with Crippen molar-refractivity contribution in [3.05, 3.63) is 78.5 Å². The molecule has 0 radical (unpaired) electrons. The summed E-state index contributed by atoms with van der Waals surface area (Å²) in [5, 5.41) is 0. The second-order valence-corrected chi connectivity index (χ2v) is 6.74. The second kappa shape index (κ2) is 6.86. The van der Waals surface area contributed by atoms with Crippen LogP contribution >= 0.6 is 0 Å². The molecule has 0 unspecified atom stereocenters. The van der Waals surface area contributed by atoms with Crippen molar-refractivity contribution < 1.29 is 12.8 Å². The molecule has 0 spiro atoms. The fourth-order valence-electron chi connectivity index (χ4n) is 2.26. The van der Waals surface area contributed by atoms with Gasteiger partial charge in [0.2, 0.25) is 10.0 Å². The summed E-state index contributed by atoms with van der Waals surface area (Å²) in [6.45, 7) is 0.00215. The Bertz CT molecular complexity index is 947. The SMILES string of the molecule is O=S(=O)(NCc1cccnc1-c1ccncc1)c1ccccc1F. The first kappa shape index (κ1) is 16.2. The van der Waals surface area contributed by atoms with E-state index in [2.05, 4.69) is 14.7 Å². The van der Waals surface area contributed by atoms with E-state index in [4.69, 9.17) is 0 Å². The molecule has 0 saturated heterocycles. The standard InChI is InChI=1S/C17H14FN3O2S/c18-15-5-1-2-6-16(15)24(22,23)21-12-14-4-3-9-20-17(14)13-7-10-19-11-8-13/h1-11,21H,12H2. The molecule has 2 aromatic heterocycles. The molecule has 0 fully saturated rings. The van der Waals surface area contributed by atoms with Gasteiger partial charge in [0.1, 0.15) is 10.7 Å². The average Bonchev–Trinajstić information content (AvgIpc) is 2.61. The predicted octanol–water partition coefficient (Wildman–Crippen LogP) is 2.76. The number of hydrogen-bond donors (Lipinski definition) is 1.